The van der Waals surface area contributed by atoms with Gasteiger partial charge in [0.15, 0.2) is 0 Å². The maximum absolute atomic E-state index is 12.0. The molecule has 96 valence electrons. The van der Waals surface area contributed by atoms with Crippen LogP contribution in [0.5, 0.6) is 0 Å². The summed E-state index contributed by atoms with van der Waals surface area (Å²) in [5.74, 6) is 1.09. The highest BCUT2D eigenvalue weighted by molar-refractivity contribution is 5.81. The zero-order chi connectivity index (χ0) is 13.3. The number of fused-ring (bicyclic) bond motifs is 1. The minimum absolute atomic E-state index is 0.155. The molecule has 5 nitrogen and oxygen atoms in total. The van der Waals surface area contributed by atoms with Gasteiger partial charge in [0.1, 0.15) is 0 Å². The molecule has 1 aromatic heterocycles. The Hall–Kier alpha value is -2.04. The number of nitrogens with zero attached hydrogens (tertiary/aromatic N) is 2. The lowest BCUT2D eigenvalue weighted by Crippen LogP contribution is -2.26. The van der Waals surface area contributed by atoms with E-state index in [9.17, 15) is 4.79 Å². The molecule has 2 rings (SSSR count). The molecule has 1 heterocycles. The smallest absolute Gasteiger partial charge is 0.260 e. The minimum atomic E-state index is -0.155. The summed E-state index contributed by atoms with van der Waals surface area (Å²) in [6.07, 6.45) is 0. The number of nitrogens with two attached hydrogens (primary N) is 1. The molecule has 3 N–H and O–H groups in total. The van der Waals surface area contributed by atoms with Crippen LogP contribution in [-0.4, -0.2) is 23.6 Å². The van der Waals surface area contributed by atoms with Gasteiger partial charge in [0.25, 0.3) is 5.56 Å². The van der Waals surface area contributed by atoms with Gasteiger partial charge in [-0.25, -0.2) is 4.98 Å². The maximum atomic E-state index is 12.0. The summed E-state index contributed by atoms with van der Waals surface area (Å²) in [7, 11) is 1.92. The average molecular weight is 246 g/mol. The van der Waals surface area contributed by atoms with E-state index in [0.717, 1.165) is 6.54 Å². The number of aromatic nitrogens is 2. The molecule has 0 radical (unpaired) electrons. The number of anilines is 2. The Labute approximate surface area is 106 Å². The Bertz CT molecular complexity index is 618. The molecule has 1 aromatic carbocycles. The number of nitrogen functional groups attached to an aromatic ring is 1. The Morgan fingerprint density at radius 3 is 2.83 bits per heavy atom. The van der Waals surface area contributed by atoms with E-state index in [0.29, 0.717) is 28.5 Å². The van der Waals surface area contributed by atoms with E-state index >= 15 is 0 Å². The van der Waals surface area contributed by atoms with Gasteiger partial charge in [-0.3, -0.25) is 9.78 Å². The zero-order valence-corrected chi connectivity index (χ0v) is 10.9. The molecule has 0 amide bonds. The van der Waals surface area contributed by atoms with E-state index in [1.807, 2.05) is 11.9 Å². The standard InChI is InChI=1S/C13H18N4O/c1-8(2)7-17(3)13-15-11-5-4-9(14)6-10(11)12(18)16-13/h4-6,8H,7,14H2,1-3H3,(H,15,16,18). The van der Waals surface area contributed by atoms with E-state index in [1.165, 1.54) is 0 Å². The zero-order valence-electron chi connectivity index (χ0n) is 10.9. The molecule has 0 fully saturated rings. The van der Waals surface area contributed by atoms with Crippen molar-refractivity contribution in [2.75, 3.05) is 24.2 Å². The van der Waals surface area contributed by atoms with Crippen molar-refractivity contribution in [1.29, 1.82) is 0 Å². The molecule has 0 aliphatic carbocycles. The topological polar surface area (TPSA) is 75.0 Å². The van der Waals surface area contributed by atoms with Crippen LogP contribution >= 0.6 is 0 Å². The molecule has 0 spiro atoms. The fourth-order valence-electron chi connectivity index (χ4n) is 1.96. The van der Waals surface area contributed by atoms with Crippen molar-refractivity contribution < 1.29 is 0 Å². The van der Waals surface area contributed by atoms with Crippen LogP contribution in [0, 0.1) is 5.92 Å². The lowest BCUT2D eigenvalue weighted by atomic mass is 10.2. The molecular formula is C13H18N4O. The fraction of sp³-hybridized carbons (Fsp3) is 0.385. The number of nitrogens with one attached hydrogen (secondary N) is 1. The first-order valence-electron chi connectivity index (χ1n) is 5.98. The summed E-state index contributed by atoms with van der Waals surface area (Å²) in [6, 6.07) is 5.17. The molecule has 5 heteroatoms. The van der Waals surface area contributed by atoms with Gasteiger partial charge in [0.2, 0.25) is 5.95 Å². The highest BCUT2D eigenvalue weighted by Gasteiger charge is 2.09. The van der Waals surface area contributed by atoms with Crippen LogP contribution in [0.3, 0.4) is 0 Å². The monoisotopic (exact) mass is 246 g/mol. The van der Waals surface area contributed by atoms with Gasteiger partial charge in [0, 0.05) is 19.3 Å². The SMILES string of the molecule is CC(C)CN(C)c1nc2ccc(N)cc2c(=O)[nH]1. The van der Waals surface area contributed by atoms with E-state index in [4.69, 9.17) is 5.73 Å². The molecule has 0 atom stereocenters. The predicted octanol–water partition coefficient (Wildman–Crippen LogP) is 1.60. The van der Waals surface area contributed by atoms with Crippen LogP contribution in [0.2, 0.25) is 0 Å². The quantitative estimate of drug-likeness (QED) is 0.807. The summed E-state index contributed by atoms with van der Waals surface area (Å²) in [5, 5.41) is 0.525. The van der Waals surface area contributed by atoms with Gasteiger partial charge >= 0.3 is 0 Å². The molecule has 0 saturated heterocycles. The number of hydrogen-bond donors (Lipinski definition) is 2. The number of benzene rings is 1. The van der Waals surface area contributed by atoms with Gasteiger partial charge in [0.05, 0.1) is 10.9 Å². The summed E-state index contributed by atoms with van der Waals surface area (Å²) in [5.41, 5.74) is 6.74. The molecule has 0 unspecified atom stereocenters. The van der Waals surface area contributed by atoms with Crippen LogP contribution in [0.25, 0.3) is 10.9 Å². The number of aromatic amines is 1. The Kier molecular flexibility index (Phi) is 3.23. The molecule has 0 bridgehead atoms. The van der Waals surface area contributed by atoms with Crippen LogP contribution in [-0.2, 0) is 0 Å². The summed E-state index contributed by atoms with van der Waals surface area (Å²) in [4.78, 5) is 21.1. The molecule has 0 saturated carbocycles. The van der Waals surface area contributed by atoms with E-state index in [-0.39, 0.29) is 5.56 Å². The summed E-state index contributed by atoms with van der Waals surface area (Å²) < 4.78 is 0. The molecule has 0 aliphatic rings. The van der Waals surface area contributed by atoms with Crippen LogP contribution < -0.4 is 16.2 Å². The number of hydrogen-bond acceptors (Lipinski definition) is 4. The van der Waals surface area contributed by atoms with Crippen LogP contribution in [0.1, 0.15) is 13.8 Å². The van der Waals surface area contributed by atoms with Crippen LogP contribution in [0.4, 0.5) is 11.6 Å². The van der Waals surface area contributed by atoms with Crippen molar-refractivity contribution in [2.24, 2.45) is 5.92 Å². The first-order valence-corrected chi connectivity index (χ1v) is 5.98. The number of H-pyrrole nitrogens is 1. The highest BCUT2D eigenvalue weighted by Crippen LogP contribution is 2.14. The summed E-state index contributed by atoms with van der Waals surface area (Å²) >= 11 is 0. The van der Waals surface area contributed by atoms with Gasteiger partial charge in [-0.1, -0.05) is 13.8 Å². The van der Waals surface area contributed by atoms with E-state index in [2.05, 4.69) is 23.8 Å². The van der Waals surface area contributed by atoms with Gasteiger partial charge < -0.3 is 10.6 Å². The number of rotatable bonds is 3. The van der Waals surface area contributed by atoms with Crippen molar-refractivity contribution in [2.45, 2.75) is 13.8 Å². The molecule has 0 aliphatic heterocycles. The summed E-state index contributed by atoms with van der Waals surface area (Å²) in [6.45, 7) is 5.08. The average Bonchev–Trinajstić information content (AvgIpc) is 2.29. The van der Waals surface area contributed by atoms with E-state index < -0.39 is 0 Å². The molecule has 18 heavy (non-hydrogen) atoms. The third-order valence-electron chi connectivity index (χ3n) is 2.72. The predicted molar refractivity (Wildman–Crippen MR) is 74.9 cm³/mol. The first-order chi connectivity index (χ1) is 8.47. The van der Waals surface area contributed by atoms with Gasteiger partial charge in [-0.15, -0.1) is 0 Å². The highest BCUT2D eigenvalue weighted by atomic mass is 16.1. The second-order valence-corrected chi connectivity index (χ2v) is 4.94. The second-order valence-electron chi connectivity index (χ2n) is 4.94. The van der Waals surface area contributed by atoms with Crippen molar-refractivity contribution in [1.82, 2.24) is 9.97 Å². The first kappa shape index (κ1) is 12.4. The second kappa shape index (κ2) is 4.68. The Balaban J connectivity index is 2.49. The molecular weight excluding hydrogens is 228 g/mol. The van der Waals surface area contributed by atoms with Gasteiger partial charge in [-0.05, 0) is 24.1 Å². The van der Waals surface area contributed by atoms with E-state index in [1.54, 1.807) is 18.2 Å². The lowest BCUT2D eigenvalue weighted by Gasteiger charge is -2.19. The fourth-order valence-corrected chi connectivity index (χ4v) is 1.96. The van der Waals surface area contributed by atoms with Crippen molar-refractivity contribution >= 4 is 22.5 Å². The largest absolute Gasteiger partial charge is 0.399 e. The van der Waals surface area contributed by atoms with Gasteiger partial charge in [-0.2, -0.15) is 0 Å². The van der Waals surface area contributed by atoms with Crippen molar-refractivity contribution in [3.63, 3.8) is 0 Å². The Morgan fingerprint density at radius 1 is 1.44 bits per heavy atom. The lowest BCUT2D eigenvalue weighted by molar-refractivity contribution is 0.630. The third kappa shape index (κ3) is 2.45. The van der Waals surface area contributed by atoms with Crippen molar-refractivity contribution in [3.8, 4) is 0 Å². The van der Waals surface area contributed by atoms with Crippen molar-refractivity contribution in [3.05, 3.63) is 28.6 Å². The normalized spacial score (nSPS) is 11.1. The maximum Gasteiger partial charge on any atom is 0.260 e. The Morgan fingerprint density at radius 2 is 2.17 bits per heavy atom. The van der Waals surface area contributed by atoms with Crippen LogP contribution in [0.15, 0.2) is 23.0 Å². The minimum Gasteiger partial charge on any atom is -0.399 e. The third-order valence-corrected chi connectivity index (χ3v) is 2.72. The molecule has 2 aromatic rings.